The number of benzene rings is 1. The number of carbonyl (C=O) groups is 1. The first-order valence-electron chi connectivity index (χ1n) is 9.78. The molecule has 160 valence electrons. The van der Waals surface area contributed by atoms with Crippen LogP contribution in [-0.4, -0.2) is 61.9 Å². The maximum atomic E-state index is 12.8. The molecule has 1 aliphatic heterocycles. The van der Waals surface area contributed by atoms with Crippen molar-refractivity contribution in [2.24, 2.45) is 0 Å². The van der Waals surface area contributed by atoms with Gasteiger partial charge in [-0.2, -0.15) is 4.31 Å². The zero-order chi connectivity index (χ0) is 21.3. The van der Waals surface area contributed by atoms with E-state index in [1.807, 2.05) is 18.2 Å². The molecule has 0 bridgehead atoms. The summed E-state index contributed by atoms with van der Waals surface area (Å²) in [5.41, 5.74) is 0.956. The van der Waals surface area contributed by atoms with Crippen molar-refractivity contribution in [3.8, 4) is 11.8 Å². The third-order valence-corrected chi connectivity index (χ3v) is 6.80. The quantitative estimate of drug-likeness (QED) is 0.478. The van der Waals surface area contributed by atoms with E-state index in [0.29, 0.717) is 37.6 Å². The molecule has 0 aromatic heterocycles. The second-order valence-electron chi connectivity index (χ2n) is 6.92. The molecular weight excluding hydrogens is 414 g/mol. The monoisotopic (exact) mass is 441 g/mol. The van der Waals surface area contributed by atoms with Crippen LogP contribution < -0.4 is 10.2 Å². The predicted octanol–water partition coefficient (Wildman–Crippen LogP) is 3.01. The molecule has 1 aliphatic rings. The molecule has 2 N–H and O–H groups in total. The van der Waals surface area contributed by atoms with Gasteiger partial charge in [0.25, 0.3) is 0 Å². The zero-order valence-electron chi connectivity index (χ0n) is 16.6. The molecule has 1 fully saturated rings. The van der Waals surface area contributed by atoms with Crippen LogP contribution >= 0.6 is 11.6 Å². The number of nitrogens with zero attached hydrogens (tertiary/aromatic N) is 2. The number of halogens is 1. The Kier molecular flexibility index (Phi) is 9.08. The molecule has 1 amide bonds. The van der Waals surface area contributed by atoms with Gasteiger partial charge in [0.05, 0.1) is 5.75 Å². The number of hydrogen-bond acceptors (Lipinski definition) is 4. The van der Waals surface area contributed by atoms with Crippen LogP contribution in [0, 0.1) is 11.8 Å². The molecule has 1 atom stereocenters. The highest BCUT2D eigenvalue weighted by molar-refractivity contribution is 7.89. The predicted molar refractivity (Wildman–Crippen MR) is 116 cm³/mol. The van der Waals surface area contributed by atoms with E-state index >= 15 is 0 Å². The maximum absolute atomic E-state index is 12.8. The highest BCUT2D eigenvalue weighted by atomic mass is 35.5. The molecule has 2 rings (SSSR count). The second kappa shape index (κ2) is 11.3. The van der Waals surface area contributed by atoms with Crippen molar-refractivity contribution in [2.75, 3.05) is 36.8 Å². The van der Waals surface area contributed by atoms with Gasteiger partial charge in [-0.1, -0.05) is 43.4 Å². The summed E-state index contributed by atoms with van der Waals surface area (Å²) >= 11 is 6.03. The van der Waals surface area contributed by atoms with Crippen molar-refractivity contribution in [3.63, 3.8) is 0 Å². The Labute approximate surface area is 178 Å². The van der Waals surface area contributed by atoms with Gasteiger partial charge in [-0.25, -0.2) is 13.2 Å². The molecular formula is C20H28ClN3O4S. The van der Waals surface area contributed by atoms with Crippen molar-refractivity contribution < 1.29 is 18.3 Å². The lowest BCUT2D eigenvalue weighted by Gasteiger charge is -2.35. The van der Waals surface area contributed by atoms with E-state index in [-0.39, 0.29) is 5.75 Å². The van der Waals surface area contributed by atoms with Crippen LogP contribution in [0.25, 0.3) is 0 Å². The molecule has 0 radical (unpaired) electrons. The van der Waals surface area contributed by atoms with Crippen LogP contribution in [0.2, 0.25) is 5.02 Å². The van der Waals surface area contributed by atoms with Gasteiger partial charge in [0.15, 0.2) is 0 Å². The van der Waals surface area contributed by atoms with Crippen LogP contribution in [-0.2, 0) is 10.0 Å². The topological polar surface area (TPSA) is 90.0 Å². The van der Waals surface area contributed by atoms with Crippen LogP contribution in [0.5, 0.6) is 0 Å². The highest BCUT2D eigenvalue weighted by Gasteiger charge is 2.29. The van der Waals surface area contributed by atoms with Gasteiger partial charge in [-0.15, -0.1) is 5.92 Å². The molecule has 1 aromatic carbocycles. The largest absolute Gasteiger partial charge is 0.465 e. The molecule has 0 saturated carbocycles. The van der Waals surface area contributed by atoms with E-state index in [2.05, 4.69) is 29.0 Å². The third kappa shape index (κ3) is 7.77. The summed E-state index contributed by atoms with van der Waals surface area (Å²) in [6.07, 6.45) is 2.37. The lowest BCUT2D eigenvalue weighted by Crippen LogP contribution is -2.51. The fraction of sp³-hybridized carbons (Fsp3) is 0.550. The van der Waals surface area contributed by atoms with Crippen molar-refractivity contribution >= 4 is 33.4 Å². The number of hydrogen-bond donors (Lipinski definition) is 2. The van der Waals surface area contributed by atoms with Crippen LogP contribution in [0.4, 0.5) is 10.5 Å². The normalized spacial score (nSPS) is 16.0. The van der Waals surface area contributed by atoms with Gasteiger partial charge in [0, 0.05) is 43.3 Å². The highest BCUT2D eigenvalue weighted by Crippen LogP contribution is 2.21. The summed E-state index contributed by atoms with van der Waals surface area (Å²) in [4.78, 5) is 13.1. The van der Waals surface area contributed by atoms with Crippen molar-refractivity contribution in [3.05, 3.63) is 29.3 Å². The summed E-state index contributed by atoms with van der Waals surface area (Å²) in [5, 5.41) is 11.9. The molecule has 1 heterocycles. The van der Waals surface area contributed by atoms with Gasteiger partial charge in [0.2, 0.25) is 10.0 Å². The van der Waals surface area contributed by atoms with E-state index in [9.17, 15) is 13.2 Å². The number of sulfonamides is 1. The summed E-state index contributed by atoms with van der Waals surface area (Å²) in [5.74, 6) is 5.31. The van der Waals surface area contributed by atoms with Gasteiger partial charge in [-0.05, 0) is 24.6 Å². The number of rotatable bonds is 8. The lowest BCUT2D eigenvalue weighted by molar-refractivity contribution is 0.193. The van der Waals surface area contributed by atoms with Gasteiger partial charge in [-0.3, -0.25) is 0 Å². The van der Waals surface area contributed by atoms with Crippen LogP contribution in [0.1, 0.15) is 32.6 Å². The van der Waals surface area contributed by atoms with E-state index in [1.165, 1.54) is 4.31 Å². The van der Waals surface area contributed by atoms with Gasteiger partial charge >= 0.3 is 6.09 Å². The minimum absolute atomic E-state index is 0.332. The van der Waals surface area contributed by atoms with Crippen LogP contribution in [0.3, 0.4) is 0 Å². The van der Waals surface area contributed by atoms with Crippen LogP contribution in [0.15, 0.2) is 24.3 Å². The molecule has 0 aliphatic carbocycles. The molecule has 0 spiro atoms. The van der Waals surface area contributed by atoms with Gasteiger partial charge < -0.3 is 15.3 Å². The minimum atomic E-state index is -3.64. The first kappa shape index (κ1) is 23.3. The number of piperazine rings is 1. The number of anilines is 1. The standard InChI is InChI=1S/C20H28ClN3O4S/c1-2-3-4-5-6-9-18(22-20(25)26)16-29(27,28)24-13-11-23(12-14-24)19-10-7-8-17(21)15-19/h7-8,10,15,18,22H,2-5,11-14,16H2,1H3,(H,25,26). The SMILES string of the molecule is CCCCCC#CC(CS(=O)(=O)N1CCN(c2cccc(Cl)c2)CC1)NC(=O)O. The summed E-state index contributed by atoms with van der Waals surface area (Å²) < 4.78 is 27.0. The Morgan fingerprint density at radius 1 is 1.28 bits per heavy atom. The summed E-state index contributed by atoms with van der Waals surface area (Å²) in [6, 6.07) is 6.52. The van der Waals surface area contributed by atoms with Crippen molar-refractivity contribution in [1.82, 2.24) is 9.62 Å². The molecule has 1 unspecified atom stereocenters. The first-order valence-corrected chi connectivity index (χ1v) is 11.8. The second-order valence-corrected chi connectivity index (χ2v) is 9.37. The minimum Gasteiger partial charge on any atom is -0.465 e. The summed E-state index contributed by atoms with van der Waals surface area (Å²) in [7, 11) is -3.64. The van der Waals surface area contributed by atoms with E-state index in [0.717, 1.165) is 24.9 Å². The Morgan fingerprint density at radius 2 is 2.00 bits per heavy atom. The van der Waals surface area contributed by atoms with E-state index in [4.69, 9.17) is 16.7 Å². The summed E-state index contributed by atoms with van der Waals surface area (Å²) in [6.45, 7) is 3.83. The van der Waals surface area contributed by atoms with E-state index < -0.39 is 22.2 Å². The molecule has 29 heavy (non-hydrogen) atoms. The smallest absolute Gasteiger partial charge is 0.405 e. The molecule has 9 heteroatoms. The Hall–Kier alpha value is -1.95. The third-order valence-electron chi connectivity index (χ3n) is 4.66. The Bertz CT molecular complexity index is 843. The Morgan fingerprint density at radius 3 is 2.62 bits per heavy atom. The number of amides is 1. The number of unbranched alkanes of at least 4 members (excludes halogenated alkanes) is 3. The average Bonchev–Trinajstić information content (AvgIpc) is 2.67. The van der Waals surface area contributed by atoms with E-state index in [1.54, 1.807) is 6.07 Å². The lowest BCUT2D eigenvalue weighted by atomic mass is 10.2. The zero-order valence-corrected chi connectivity index (χ0v) is 18.2. The fourth-order valence-corrected chi connectivity index (χ4v) is 4.84. The van der Waals surface area contributed by atoms with Crippen molar-refractivity contribution in [1.29, 1.82) is 0 Å². The van der Waals surface area contributed by atoms with Crippen molar-refractivity contribution in [2.45, 2.75) is 38.6 Å². The fourth-order valence-electron chi connectivity index (χ4n) is 3.14. The van der Waals surface area contributed by atoms with Gasteiger partial charge in [0.1, 0.15) is 6.04 Å². The maximum Gasteiger partial charge on any atom is 0.405 e. The first-order chi connectivity index (χ1) is 13.8. The molecule has 1 aromatic rings. The Balaban J connectivity index is 1.96. The molecule has 7 nitrogen and oxygen atoms in total. The molecule has 1 saturated heterocycles. The number of carboxylic acid groups (broad SMARTS) is 1. The average molecular weight is 442 g/mol. The number of nitrogens with one attached hydrogen (secondary N) is 1.